The van der Waals surface area contributed by atoms with Gasteiger partial charge in [0.2, 0.25) is 0 Å². The van der Waals surface area contributed by atoms with Crippen molar-refractivity contribution in [2.45, 2.75) is 40.0 Å². The van der Waals surface area contributed by atoms with Gasteiger partial charge in [0.05, 0.1) is 6.61 Å². The highest BCUT2D eigenvalue weighted by Gasteiger charge is 2.00. The van der Waals surface area contributed by atoms with E-state index in [4.69, 9.17) is 4.74 Å². The molecule has 0 spiro atoms. The van der Waals surface area contributed by atoms with Crippen LogP contribution >= 0.6 is 0 Å². The smallest absolute Gasteiger partial charge is 0.305 e. The fourth-order valence-corrected chi connectivity index (χ4v) is 1.29. The molecule has 2 nitrogen and oxygen atoms in total. The first-order valence-corrected chi connectivity index (χ1v) is 5.56. The van der Waals surface area contributed by atoms with E-state index in [1.807, 2.05) is 13.0 Å². The average Bonchev–Trinajstić information content (AvgIpc) is 2.23. The summed E-state index contributed by atoms with van der Waals surface area (Å²) < 4.78 is 4.99. The minimum Gasteiger partial charge on any atom is -0.466 e. The summed E-state index contributed by atoms with van der Waals surface area (Å²) in [4.78, 5) is 10.8. The zero-order chi connectivity index (χ0) is 11.7. The quantitative estimate of drug-likeness (QED) is 0.365. The van der Waals surface area contributed by atoms with Crippen LogP contribution in [0.2, 0.25) is 0 Å². The summed E-state index contributed by atoms with van der Waals surface area (Å²) in [5.74, 6) is 0.406. The summed E-state index contributed by atoms with van der Waals surface area (Å²) in [6.45, 7) is 10.3. The fraction of sp³-hybridized carbons (Fsp3) is 0.615. The van der Waals surface area contributed by atoms with Crippen LogP contribution in [0.25, 0.3) is 0 Å². The molecule has 0 amide bonds. The van der Waals surface area contributed by atoms with E-state index < -0.39 is 0 Å². The summed E-state index contributed by atoms with van der Waals surface area (Å²) in [7, 11) is 0. The Morgan fingerprint density at radius 3 is 2.73 bits per heavy atom. The zero-order valence-corrected chi connectivity index (χ0v) is 10.1. The fourth-order valence-electron chi connectivity index (χ4n) is 1.29. The van der Waals surface area contributed by atoms with Crippen molar-refractivity contribution in [3.05, 3.63) is 24.3 Å². The van der Waals surface area contributed by atoms with Gasteiger partial charge in [0.1, 0.15) is 0 Å². The molecule has 0 fully saturated rings. The Balaban J connectivity index is 3.59. The van der Waals surface area contributed by atoms with E-state index in [0.29, 0.717) is 18.9 Å². The van der Waals surface area contributed by atoms with Gasteiger partial charge < -0.3 is 4.74 Å². The molecular formula is C13H22O2. The van der Waals surface area contributed by atoms with Crippen LogP contribution in [-0.2, 0) is 9.53 Å². The molecule has 86 valence electrons. The highest BCUT2D eigenvalue weighted by molar-refractivity contribution is 5.68. The van der Waals surface area contributed by atoms with Crippen molar-refractivity contribution < 1.29 is 9.53 Å². The first kappa shape index (κ1) is 13.9. The maximum atomic E-state index is 10.8. The highest BCUT2D eigenvalue weighted by Crippen LogP contribution is 2.10. The molecule has 0 aromatic heterocycles. The van der Waals surface area contributed by atoms with Gasteiger partial charge >= 0.3 is 5.97 Å². The molecular weight excluding hydrogens is 188 g/mol. The van der Waals surface area contributed by atoms with Crippen molar-refractivity contribution >= 4 is 5.97 Å². The summed E-state index contributed by atoms with van der Waals surface area (Å²) in [5.41, 5.74) is 1.20. The van der Waals surface area contributed by atoms with Crippen LogP contribution in [0.5, 0.6) is 0 Å². The van der Waals surface area contributed by atoms with Crippen LogP contribution in [-0.4, -0.2) is 12.6 Å². The standard InChI is InChI=1S/C13H22O2/c1-5-11(3)10-12(4)8-7-9-15-13(14)6-2/h5,10,12H,1,6-9H2,2-4H3/b11-10+. The molecule has 0 aromatic carbocycles. The summed E-state index contributed by atoms with van der Waals surface area (Å²) in [6.07, 6.45) is 6.48. The summed E-state index contributed by atoms with van der Waals surface area (Å²) >= 11 is 0. The minimum absolute atomic E-state index is 0.111. The maximum Gasteiger partial charge on any atom is 0.305 e. The van der Waals surface area contributed by atoms with E-state index in [0.717, 1.165) is 12.8 Å². The monoisotopic (exact) mass is 210 g/mol. The van der Waals surface area contributed by atoms with E-state index in [1.165, 1.54) is 5.57 Å². The molecule has 15 heavy (non-hydrogen) atoms. The lowest BCUT2D eigenvalue weighted by molar-refractivity contribution is -0.143. The number of carbonyl (C=O) groups excluding carboxylic acids is 1. The predicted molar refractivity (Wildman–Crippen MR) is 63.6 cm³/mol. The van der Waals surface area contributed by atoms with E-state index >= 15 is 0 Å². The van der Waals surface area contributed by atoms with E-state index in [2.05, 4.69) is 19.6 Å². The highest BCUT2D eigenvalue weighted by atomic mass is 16.5. The molecule has 1 unspecified atom stereocenters. The van der Waals surface area contributed by atoms with Crippen LogP contribution in [0.15, 0.2) is 24.3 Å². The maximum absolute atomic E-state index is 10.8. The topological polar surface area (TPSA) is 26.3 Å². The number of ether oxygens (including phenoxy) is 1. The van der Waals surface area contributed by atoms with Gasteiger partial charge in [-0.05, 0) is 25.7 Å². The Morgan fingerprint density at radius 2 is 2.20 bits per heavy atom. The Bertz CT molecular complexity index is 229. The summed E-state index contributed by atoms with van der Waals surface area (Å²) in [5, 5.41) is 0. The van der Waals surface area contributed by atoms with Crippen molar-refractivity contribution in [2.75, 3.05) is 6.61 Å². The molecule has 0 radical (unpaired) electrons. The molecule has 0 aliphatic heterocycles. The normalized spacial score (nSPS) is 13.4. The largest absolute Gasteiger partial charge is 0.466 e. The average molecular weight is 210 g/mol. The molecule has 0 aromatic rings. The van der Waals surface area contributed by atoms with Crippen LogP contribution in [0.4, 0.5) is 0 Å². The van der Waals surface area contributed by atoms with Crippen LogP contribution < -0.4 is 0 Å². The lowest BCUT2D eigenvalue weighted by Crippen LogP contribution is -2.04. The first-order valence-electron chi connectivity index (χ1n) is 5.56. The SMILES string of the molecule is C=C/C(C)=C/C(C)CCCOC(=O)CC. The zero-order valence-electron chi connectivity index (χ0n) is 10.1. The van der Waals surface area contributed by atoms with E-state index in [9.17, 15) is 4.79 Å². The number of hydrogen-bond donors (Lipinski definition) is 0. The molecule has 0 bridgehead atoms. The molecule has 0 heterocycles. The van der Waals surface area contributed by atoms with Gasteiger partial charge in [-0.25, -0.2) is 0 Å². The van der Waals surface area contributed by atoms with Crippen molar-refractivity contribution in [1.82, 2.24) is 0 Å². The molecule has 0 rings (SSSR count). The Kier molecular flexibility index (Phi) is 7.69. The number of rotatable bonds is 7. The Labute approximate surface area is 93.0 Å². The molecule has 0 saturated carbocycles. The van der Waals surface area contributed by atoms with Gasteiger partial charge in [0.15, 0.2) is 0 Å². The first-order chi connectivity index (χ1) is 7.10. The molecule has 0 aliphatic carbocycles. The molecule has 0 saturated heterocycles. The third-order valence-corrected chi connectivity index (χ3v) is 2.22. The lowest BCUT2D eigenvalue weighted by atomic mass is 10.0. The minimum atomic E-state index is -0.111. The number of esters is 1. The number of carbonyl (C=O) groups is 1. The Hall–Kier alpha value is -1.05. The molecule has 1 atom stereocenters. The second kappa shape index (κ2) is 8.27. The van der Waals surface area contributed by atoms with Gasteiger partial charge in [-0.15, -0.1) is 0 Å². The Morgan fingerprint density at radius 1 is 1.53 bits per heavy atom. The lowest BCUT2D eigenvalue weighted by Gasteiger charge is -2.07. The number of hydrogen-bond acceptors (Lipinski definition) is 2. The third kappa shape index (κ3) is 7.98. The van der Waals surface area contributed by atoms with Crippen molar-refractivity contribution in [3.63, 3.8) is 0 Å². The molecule has 2 heteroatoms. The number of allylic oxidation sites excluding steroid dienone is 3. The van der Waals surface area contributed by atoms with E-state index in [1.54, 1.807) is 6.92 Å². The van der Waals surface area contributed by atoms with Gasteiger partial charge in [-0.2, -0.15) is 0 Å². The third-order valence-electron chi connectivity index (χ3n) is 2.22. The predicted octanol–water partition coefficient (Wildman–Crippen LogP) is 3.49. The van der Waals surface area contributed by atoms with Gasteiger partial charge in [-0.3, -0.25) is 4.79 Å². The van der Waals surface area contributed by atoms with Crippen LogP contribution in [0.1, 0.15) is 40.0 Å². The molecule has 0 aliphatic rings. The van der Waals surface area contributed by atoms with Gasteiger partial charge in [0.25, 0.3) is 0 Å². The van der Waals surface area contributed by atoms with Gasteiger partial charge in [0, 0.05) is 6.42 Å². The second-order valence-electron chi connectivity index (χ2n) is 3.81. The van der Waals surface area contributed by atoms with Crippen molar-refractivity contribution in [2.24, 2.45) is 5.92 Å². The van der Waals surface area contributed by atoms with Crippen molar-refractivity contribution in [3.8, 4) is 0 Å². The van der Waals surface area contributed by atoms with Crippen LogP contribution in [0, 0.1) is 5.92 Å². The van der Waals surface area contributed by atoms with E-state index in [-0.39, 0.29) is 5.97 Å². The van der Waals surface area contributed by atoms with Crippen molar-refractivity contribution in [1.29, 1.82) is 0 Å². The molecule has 0 N–H and O–H groups in total. The summed E-state index contributed by atoms with van der Waals surface area (Å²) in [6, 6.07) is 0. The van der Waals surface area contributed by atoms with Crippen LogP contribution in [0.3, 0.4) is 0 Å². The second-order valence-corrected chi connectivity index (χ2v) is 3.81. The van der Waals surface area contributed by atoms with Gasteiger partial charge in [-0.1, -0.05) is 38.2 Å².